The molecule has 1 N–H and O–H groups in total. The van der Waals surface area contributed by atoms with E-state index in [1.165, 1.54) is 0 Å². The maximum atomic E-state index is 11.7. The lowest BCUT2D eigenvalue weighted by Crippen LogP contribution is -2.14. The lowest BCUT2D eigenvalue weighted by atomic mass is 10.2. The van der Waals surface area contributed by atoms with Crippen molar-refractivity contribution in [2.75, 3.05) is 18.6 Å². The van der Waals surface area contributed by atoms with Crippen LogP contribution in [0.2, 0.25) is 5.02 Å². The average molecular weight is 315 g/mol. The van der Waals surface area contributed by atoms with Gasteiger partial charge in [-0.1, -0.05) is 24.6 Å². The van der Waals surface area contributed by atoms with Gasteiger partial charge in [-0.2, -0.15) is 0 Å². The van der Waals surface area contributed by atoms with Crippen LogP contribution in [0.15, 0.2) is 24.4 Å². The molecule has 0 aliphatic rings. The first kappa shape index (κ1) is 15.4. The fourth-order valence-electron chi connectivity index (χ4n) is 2.24. The first-order valence-corrected chi connectivity index (χ1v) is 8.79. The zero-order valence-corrected chi connectivity index (χ0v) is 13.3. The van der Waals surface area contributed by atoms with Gasteiger partial charge in [-0.05, 0) is 24.7 Å². The molecule has 1 aromatic heterocycles. The molecule has 0 aliphatic heterocycles. The molecule has 2 rings (SSSR count). The lowest BCUT2D eigenvalue weighted by Gasteiger charge is -2.05. The van der Waals surface area contributed by atoms with Gasteiger partial charge in [-0.3, -0.25) is 0 Å². The van der Waals surface area contributed by atoms with Gasteiger partial charge in [0, 0.05) is 41.0 Å². The highest BCUT2D eigenvalue weighted by Crippen LogP contribution is 2.25. The molecule has 1 aromatic carbocycles. The fraction of sp³-hybridized carbons (Fsp3) is 0.429. The minimum Gasteiger partial charge on any atom is -0.346 e. The van der Waals surface area contributed by atoms with E-state index in [2.05, 4.69) is 5.32 Å². The van der Waals surface area contributed by atoms with Gasteiger partial charge in [-0.25, -0.2) is 8.42 Å². The molecule has 0 spiro atoms. The summed E-state index contributed by atoms with van der Waals surface area (Å²) < 4.78 is 25.3. The number of hydrogen-bond acceptors (Lipinski definition) is 3. The predicted molar refractivity (Wildman–Crippen MR) is 84.0 cm³/mol. The molecule has 4 nitrogen and oxygen atoms in total. The molecular weight excluding hydrogens is 296 g/mol. The zero-order chi connectivity index (χ0) is 14.8. The average Bonchev–Trinajstić information content (AvgIpc) is 2.75. The highest BCUT2D eigenvalue weighted by molar-refractivity contribution is 7.91. The van der Waals surface area contributed by atoms with E-state index in [1.807, 2.05) is 36.0 Å². The second kappa shape index (κ2) is 6.16. The number of fused-ring (bicyclic) bond motifs is 1. The molecule has 0 radical (unpaired) electrons. The molecule has 0 aliphatic carbocycles. The Morgan fingerprint density at radius 1 is 1.35 bits per heavy atom. The van der Waals surface area contributed by atoms with Gasteiger partial charge in [0.05, 0.1) is 5.75 Å². The van der Waals surface area contributed by atoms with E-state index in [0.717, 1.165) is 23.0 Å². The van der Waals surface area contributed by atoms with E-state index < -0.39 is 9.84 Å². The monoisotopic (exact) mass is 314 g/mol. The molecule has 6 heteroatoms. The molecule has 0 fully saturated rings. The van der Waals surface area contributed by atoms with Crippen molar-refractivity contribution in [2.45, 2.75) is 20.0 Å². The Hall–Kier alpha value is -1.04. The van der Waals surface area contributed by atoms with Crippen molar-refractivity contribution < 1.29 is 8.42 Å². The Labute approximate surface area is 124 Å². The molecule has 0 bridgehead atoms. The number of hydrogen-bond donors (Lipinski definition) is 1. The van der Waals surface area contributed by atoms with Crippen LogP contribution in [0, 0.1) is 0 Å². The van der Waals surface area contributed by atoms with Crippen molar-refractivity contribution >= 4 is 32.3 Å². The van der Waals surface area contributed by atoms with Crippen molar-refractivity contribution in [3.63, 3.8) is 0 Å². The standard InChI is InChI=1S/C14H19ClN2O2S/c1-3-20(18,19)7-6-17-10-11(9-16-2)13-5-4-12(15)8-14(13)17/h4-5,8,10,16H,3,6-7,9H2,1-2H3. The number of halogens is 1. The van der Waals surface area contributed by atoms with Crippen LogP contribution in [0.4, 0.5) is 0 Å². The van der Waals surface area contributed by atoms with Gasteiger partial charge in [0.25, 0.3) is 0 Å². The topological polar surface area (TPSA) is 51.1 Å². The van der Waals surface area contributed by atoms with Crippen LogP contribution >= 0.6 is 11.6 Å². The highest BCUT2D eigenvalue weighted by Gasteiger charge is 2.12. The fourth-order valence-corrected chi connectivity index (χ4v) is 3.17. The van der Waals surface area contributed by atoms with Crippen molar-refractivity contribution in [2.24, 2.45) is 0 Å². The molecular formula is C14H19ClN2O2S. The molecule has 2 aromatic rings. The maximum absolute atomic E-state index is 11.7. The van der Waals surface area contributed by atoms with Crippen LogP contribution < -0.4 is 5.32 Å². The smallest absolute Gasteiger partial charge is 0.151 e. The first-order valence-electron chi connectivity index (χ1n) is 6.59. The Bertz CT molecular complexity index is 707. The van der Waals surface area contributed by atoms with Gasteiger partial charge < -0.3 is 9.88 Å². The summed E-state index contributed by atoms with van der Waals surface area (Å²) in [6.45, 7) is 2.87. The first-order chi connectivity index (χ1) is 9.46. The number of nitrogens with one attached hydrogen (secondary N) is 1. The number of sulfone groups is 1. The molecule has 1 heterocycles. The Morgan fingerprint density at radius 2 is 2.10 bits per heavy atom. The molecule has 0 atom stereocenters. The number of rotatable bonds is 6. The Kier molecular flexibility index (Phi) is 4.73. The largest absolute Gasteiger partial charge is 0.346 e. The van der Waals surface area contributed by atoms with Gasteiger partial charge in [0.2, 0.25) is 0 Å². The van der Waals surface area contributed by atoms with E-state index in [9.17, 15) is 8.42 Å². The molecule has 0 saturated heterocycles. The summed E-state index contributed by atoms with van der Waals surface area (Å²) >= 11 is 6.05. The van der Waals surface area contributed by atoms with Crippen LogP contribution in [-0.4, -0.2) is 31.5 Å². The third-order valence-electron chi connectivity index (χ3n) is 3.38. The molecule has 20 heavy (non-hydrogen) atoms. The third-order valence-corrected chi connectivity index (χ3v) is 5.30. The van der Waals surface area contributed by atoms with Gasteiger partial charge in [0.1, 0.15) is 0 Å². The van der Waals surface area contributed by atoms with Crippen molar-refractivity contribution in [1.82, 2.24) is 9.88 Å². The van der Waals surface area contributed by atoms with E-state index in [4.69, 9.17) is 11.6 Å². The SMILES string of the molecule is CCS(=O)(=O)CCn1cc(CNC)c2ccc(Cl)cc21. The molecule has 0 saturated carbocycles. The van der Waals surface area contributed by atoms with Gasteiger partial charge >= 0.3 is 0 Å². The minimum atomic E-state index is -2.97. The molecule has 110 valence electrons. The van der Waals surface area contributed by atoms with E-state index in [0.29, 0.717) is 11.6 Å². The minimum absolute atomic E-state index is 0.152. The van der Waals surface area contributed by atoms with E-state index in [-0.39, 0.29) is 11.5 Å². The Morgan fingerprint density at radius 3 is 2.75 bits per heavy atom. The van der Waals surface area contributed by atoms with Crippen molar-refractivity contribution in [1.29, 1.82) is 0 Å². The summed E-state index contributed by atoms with van der Waals surface area (Å²) in [6.07, 6.45) is 2.00. The number of benzene rings is 1. The predicted octanol–water partition coefficient (Wildman–Crippen LogP) is 2.45. The lowest BCUT2D eigenvalue weighted by molar-refractivity contribution is 0.591. The van der Waals surface area contributed by atoms with Crippen LogP contribution in [0.1, 0.15) is 12.5 Å². The Balaban J connectivity index is 2.39. The van der Waals surface area contributed by atoms with Crippen molar-refractivity contribution in [3.05, 3.63) is 35.0 Å². The second-order valence-corrected chi connectivity index (χ2v) is 7.69. The van der Waals surface area contributed by atoms with Gasteiger partial charge in [0.15, 0.2) is 9.84 Å². The summed E-state index contributed by atoms with van der Waals surface area (Å²) in [5, 5.41) is 4.89. The van der Waals surface area contributed by atoms with E-state index in [1.54, 1.807) is 6.92 Å². The summed E-state index contributed by atoms with van der Waals surface area (Å²) in [4.78, 5) is 0. The number of aryl methyl sites for hydroxylation is 1. The third kappa shape index (κ3) is 3.34. The normalized spacial score (nSPS) is 12.2. The highest BCUT2D eigenvalue weighted by atomic mass is 35.5. The van der Waals surface area contributed by atoms with Gasteiger partial charge in [-0.15, -0.1) is 0 Å². The number of nitrogens with zero attached hydrogens (tertiary/aromatic N) is 1. The molecule has 0 amide bonds. The molecule has 0 unspecified atom stereocenters. The zero-order valence-electron chi connectivity index (χ0n) is 11.7. The van der Waals surface area contributed by atoms with E-state index >= 15 is 0 Å². The van der Waals surface area contributed by atoms with Crippen LogP contribution in [0.5, 0.6) is 0 Å². The summed E-state index contributed by atoms with van der Waals surface area (Å²) in [5.74, 6) is 0.328. The number of aromatic nitrogens is 1. The summed E-state index contributed by atoms with van der Waals surface area (Å²) in [5.41, 5.74) is 2.13. The van der Waals surface area contributed by atoms with Crippen LogP contribution in [0.3, 0.4) is 0 Å². The van der Waals surface area contributed by atoms with Crippen LogP contribution in [0.25, 0.3) is 10.9 Å². The summed E-state index contributed by atoms with van der Waals surface area (Å²) in [6, 6.07) is 5.72. The second-order valence-electron chi connectivity index (χ2n) is 4.78. The quantitative estimate of drug-likeness (QED) is 0.891. The van der Waals surface area contributed by atoms with Crippen molar-refractivity contribution in [3.8, 4) is 0 Å². The maximum Gasteiger partial charge on any atom is 0.151 e. The summed E-state index contributed by atoms with van der Waals surface area (Å²) in [7, 11) is -1.08. The van der Waals surface area contributed by atoms with Crippen LogP contribution in [-0.2, 0) is 22.9 Å².